The summed E-state index contributed by atoms with van der Waals surface area (Å²) in [5.41, 5.74) is 0. The number of fused-ring (bicyclic) bond motifs is 1. The molecule has 64 heavy (non-hydrogen) atoms. The molecule has 23 heteroatoms. The number of hydrogen-bond donors (Lipinski definition) is 5. The monoisotopic (exact) mass is 940 g/mol. The number of thioether (sulfide) groups is 1. The van der Waals surface area contributed by atoms with Crippen molar-refractivity contribution in [3.05, 3.63) is 12.1 Å². The van der Waals surface area contributed by atoms with Gasteiger partial charge in [0.2, 0.25) is 17.7 Å². The number of carbonyl (C=O) groups is 3. The molecule has 2 fully saturated rings. The van der Waals surface area contributed by atoms with Crippen LogP contribution in [0.5, 0.6) is 11.8 Å². The molecular weight excluding hydrogens is 869 g/mol. The number of nitrogens with zero attached hydrogens (tertiary/aromatic N) is 1. The van der Waals surface area contributed by atoms with Crippen molar-refractivity contribution in [3.8, 4) is 11.8 Å². The number of aromatic nitrogens is 1. The first-order chi connectivity index (χ1) is 31.4. The molecule has 2 aliphatic rings. The summed E-state index contributed by atoms with van der Waals surface area (Å²) in [5, 5.41) is 28.2. The molecule has 0 unspecified atom stereocenters. The highest BCUT2D eigenvalue weighted by Crippen LogP contribution is 2.33. The highest BCUT2D eigenvalue weighted by Gasteiger charge is 2.42. The minimum absolute atomic E-state index is 0.0350. The van der Waals surface area contributed by atoms with E-state index in [2.05, 4.69) is 16.0 Å². The molecule has 0 aliphatic carbocycles. The Balaban J connectivity index is 0.883. The largest absolute Gasteiger partial charge is 0.492 e. The number of unbranched alkanes of at least 4 members (excludes halogenated alkanes) is 1. The molecule has 3 atom stereocenters. The molecule has 22 nitrogen and oxygen atoms in total. The van der Waals surface area contributed by atoms with Crippen LogP contribution in [0.3, 0.4) is 0 Å². The van der Waals surface area contributed by atoms with Crippen LogP contribution >= 0.6 is 11.8 Å². The van der Waals surface area contributed by atoms with Crippen molar-refractivity contribution < 1.29 is 86.3 Å². The topological polar surface area (TPSA) is 253 Å². The number of urea groups is 1. The van der Waals surface area contributed by atoms with Crippen LogP contribution in [-0.2, 0) is 66.4 Å². The number of ether oxygens (including phenoxy) is 12. The highest BCUT2D eigenvalue weighted by atomic mass is 32.2. The van der Waals surface area contributed by atoms with Crippen molar-refractivity contribution in [2.45, 2.75) is 49.4 Å². The zero-order chi connectivity index (χ0) is 45.6. The van der Waals surface area contributed by atoms with Crippen LogP contribution in [0.1, 0.15) is 32.1 Å². The van der Waals surface area contributed by atoms with E-state index in [-0.39, 0.29) is 48.8 Å². The van der Waals surface area contributed by atoms with Gasteiger partial charge in [-0.2, -0.15) is 11.8 Å². The van der Waals surface area contributed by atoms with E-state index in [1.807, 2.05) is 11.8 Å². The minimum atomic E-state index is -0.664. The summed E-state index contributed by atoms with van der Waals surface area (Å²) in [7, 11) is 0. The maximum absolute atomic E-state index is 12.1. The van der Waals surface area contributed by atoms with E-state index in [9.17, 15) is 24.6 Å². The van der Waals surface area contributed by atoms with Gasteiger partial charge < -0.3 is 87.8 Å². The fourth-order valence-electron chi connectivity index (χ4n) is 5.94. The Morgan fingerprint density at radius 3 is 1.38 bits per heavy atom. The van der Waals surface area contributed by atoms with Gasteiger partial charge in [-0.15, -0.1) is 4.73 Å². The van der Waals surface area contributed by atoms with Gasteiger partial charge in [0.05, 0.1) is 177 Å². The van der Waals surface area contributed by atoms with E-state index in [1.165, 1.54) is 12.1 Å². The second kappa shape index (κ2) is 38.1. The van der Waals surface area contributed by atoms with Gasteiger partial charge in [0, 0.05) is 36.1 Å². The lowest BCUT2D eigenvalue weighted by Gasteiger charge is -2.16. The molecule has 2 saturated heterocycles. The van der Waals surface area contributed by atoms with Gasteiger partial charge in [0.1, 0.15) is 0 Å². The number of carbonyl (C=O) groups excluding carboxylic acids is 3. The zero-order valence-corrected chi connectivity index (χ0v) is 37.9. The Bertz CT molecular complexity index is 1320. The van der Waals surface area contributed by atoms with Crippen molar-refractivity contribution >= 4 is 29.7 Å². The van der Waals surface area contributed by atoms with Gasteiger partial charge in [-0.3, -0.25) is 4.79 Å². The Morgan fingerprint density at radius 1 is 0.562 bits per heavy atom. The number of nitrogens with one attached hydrogen (secondary N) is 3. The third-order valence-electron chi connectivity index (χ3n) is 9.18. The van der Waals surface area contributed by atoms with Gasteiger partial charge in [-0.1, -0.05) is 6.42 Å². The second-order valence-corrected chi connectivity index (χ2v) is 15.4. The fourth-order valence-corrected chi connectivity index (χ4v) is 7.49. The van der Waals surface area contributed by atoms with Gasteiger partial charge in [0.15, 0.2) is 0 Å². The molecule has 370 valence electrons. The smallest absolute Gasteiger partial charge is 0.335 e. The average molecular weight is 941 g/mol. The summed E-state index contributed by atoms with van der Waals surface area (Å²) >= 11 is 1.90. The van der Waals surface area contributed by atoms with Crippen LogP contribution in [0.25, 0.3) is 0 Å². The first kappa shape index (κ1) is 55.3. The predicted molar refractivity (Wildman–Crippen MR) is 231 cm³/mol. The normalized spacial score (nSPS) is 16.8. The predicted octanol–water partition coefficient (Wildman–Crippen LogP) is 0.286. The zero-order valence-electron chi connectivity index (χ0n) is 37.1. The third kappa shape index (κ3) is 28.1. The molecule has 1 aromatic rings. The van der Waals surface area contributed by atoms with E-state index >= 15 is 0 Å². The van der Waals surface area contributed by atoms with E-state index in [0.717, 1.165) is 25.0 Å². The van der Waals surface area contributed by atoms with Crippen LogP contribution < -0.4 is 20.8 Å². The molecular formula is C41H72N4O18S. The van der Waals surface area contributed by atoms with Gasteiger partial charge in [0.25, 0.3) is 0 Å². The molecule has 2 aliphatic heterocycles. The number of aromatic hydroxyl groups is 2. The number of amides is 3. The molecule has 0 saturated carbocycles. The maximum Gasteiger partial charge on any atom is 0.335 e. The van der Waals surface area contributed by atoms with Crippen LogP contribution in [-0.4, -0.2) is 221 Å². The van der Waals surface area contributed by atoms with Crippen molar-refractivity contribution in [2.24, 2.45) is 0 Å². The van der Waals surface area contributed by atoms with Crippen LogP contribution in [0, 0.1) is 0 Å². The summed E-state index contributed by atoms with van der Waals surface area (Å²) in [6.45, 7) is 10.7. The van der Waals surface area contributed by atoms with Crippen LogP contribution in [0.15, 0.2) is 12.1 Å². The summed E-state index contributed by atoms with van der Waals surface area (Å²) in [4.78, 5) is 40.1. The van der Waals surface area contributed by atoms with E-state index in [4.69, 9.17) is 61.7 Å². The molecule has 3 heterocycles. The Kier molecular flexibility index (Phi) is 32.9. The molecule has 0 bridgehead atoms. The quantitative estimate of drug-likeness (QED) is 0.0435. The second-order valence-electron chi connectivity index (χ2n) is 14.1. The highest BCUT2D eigenvalue weighted by molar-refractivity contribution is 8.00. The molecule has 1 aromatic heterocycles. The summed E-state index contributed by atoms with van der Waals surface area (Å²) in [5.74, 6) is -0.442. The summed E-state index contributed by atoms with van der Waals surface area (Å²) in [6, 6.07) is 2.78. The lowest BCUT2D eigenvalue weighted by molar-refractivity contribution is -0.146. The van der Waals surface area contributed by atoms with Gasteiger partial charge >= 0.3 is 12.0 Å². The first-order valence-electron chi connectivity index (χ1n) is 22.1. The van der Waals surface area contributed by atoms with Gasteiger partial charge in [-0.25, -0.2) is 9.59 Å². The fraction of sp³-hybridized carbons (Fsp3) is 0.829. The third-order valence-corrected chi connectivity index (χ3v) is 10.7. The average Bonchev–Trinajstić information content (AvgIpc) is 3.95. The molecule has 5 N–H and O–H groups in total. The number of rotatable bonds is 45. The minimum Gasteiger partial charge on any atom is -0.492 e. The van der Waals surface area contributed by atoms with Crippen molar-refractivity contribution in [2.75, 3.05) is 171 Å². The van der Waals surface area contributed by atoms with E-state index in [1.54, 1.807) is 0 Å². The van der Waals surface area contributed by atoms with Crippen molar-refractivity contribution in [1.29, 1.82) is 0 Å². The standard InChI is InChI=1S/C41H72N4O18S/c46-36(4-2-1-3-35-40-34(33-64-35)43-41(50)44-40)42-8-10-52-12-14-54-16-18-56-20-22-58-24-26-60-28-30-62-32-31-61-29-27-59-25-23-57-21-19-55-17-15-53-13-11-51-9-7-39(49)63-45-37(47)5-6-38(45)48/h5-6,34-35,40,47-48H,1-4,7-33H2,(H,42,46)(H2,43,44,50)/t34-,35-,40-/m0/s1. The molecule has 3 rings (SSSR count). The van der Waals surface area contributed by atoms with E-state index in [0.29, 0.717) is 175 Å². The molecule has 3 amide bonds. The summed E-state index contributed by atoms with van der Waals surface area (Å²) < 4.78 is 66.2. The number of hydrogen-bond acceptors (Lipinski definition) is 19. The SMILES string of the molecule is O=C(CCCC[C@@H]1SC[C@@H]2NC(=O)N[C@@H]21)NCCOCCOCCOCCOCCOCCOCCOCCOCCOCCOCCOCCOCCC(=O)On1c(O)ccc1O. The Morgan fingerprint density at radius 2 is 0.953 bits per heavy atom. The molecule has 0 aromatic carbocycles. The summed E-state index contributed by atoms with van der Waals surface area (Å²) in [6.07, 6.45) is 3.25. The Labute approximate surface area is 380 Å². The van der Waals surface area contributed by atoms with Crippen LogP contribution in [0.2, 0.25) is 0 Å². The molecule has 0 spiro atoms. The molecule has 0 radical (unpaired) electrons. The van der Waals surface area contributed by atoms with E-state index < -0.39 is 5.97 Å². The lowest BCUT2D eigenvalue weighted by Crippen LogP contribution is -2.36. The van der Waals surface area contributed by atoms with Crippen LogP contribution in [0.4, 0.5) is 4.79 Å². The van der Waals surface area contributed by atoms with Crippen molar-refractivity contribution in [1.82, 2.24) is 20.7 Å². The van der Waals surface area contributed by atoms with Crippen molar-refractivity contribution in [3.63, 3.8) is 0 Å². The first-order valence-corrected chi connectivity index (χ1v) is 23.2. The van der Waals surface area contributed by atoms with Gasteiger partial charge in [-0.05, 0) is 12.8 Å². The maximum atomic E-state index is 12.1. The Hall–Kier alpha value is -3.04. The lowest BCUT2D eigenvalue weighted by atomic mass is 10.0.